The molecule has 182 valence electrons. The highest BCUT2D eigenvalue weighted by Crippen LogP contribution is 2.15. The molecule has 35 heavy (non-hydrogen) atoms. The van der Waals surface area contributed by atoms with Crippen LogP contribution in [0.2, 0.25) is 0 Å². The fourth-order valence-electron chi connectivity index (χ4n) is 3.70. The summed E-state index contributed by atoms with van der Waals surface area (Å²) in [4.78, 5) is 27.7. The molecule has 0 aliphatic carbocycles. The highest BCUT2D eigenvalue weighted by atomic mass is 16.5. The van der Waals surface area contributed by atoms with Gasteiger partial charge in [0.25, 0.3) is 5.91 Å². The zero-order valence-corrected chi connectivity index (χ0v) is 19.6. The SMILES string of the molecule is Cc1nnnn1/C(=C\c1ccccc1)C(=O)OCC(=O)NCc1ccccc1CN1CCOCC1. The van der Waals surface area contributed by atoms with Gasteiger partial charge >= 0.3 is 5.97 Å². The van der Waals surface area contributed by atoms with Gasteiger partial charge in [-0.15, -0.1) is 5.10 Å². The highest BCUT2D eigenvalue weighted by molar-refractivity contribution is 6.15. The topological polar surface area (TPSA) is 111 Å². The van der Waals surface area contributed by atoms with E-state index in [0.717, 1.165) is 49.5 Å². The first-order valence-electron chi connectivity index (χ1n) is 11.4. The summed E-state index contributed by atoms with van der Waals surface area (Å²) in [5.74, 6) is -0.676. The molecule has 3 aromatic rings. The first kappa shape index (κ1) is 24.2. The van der Waals surface area contributed by atoms with E-state index < -0.39 is 18.5 Å². The second-order valence-corrected chi connectivity index (χ2v) is 8.09. The molecule has 10 nitrogen and oxygen atoms in total. The number of nitrogens with zero attached hydrogens (tertiary/aromatic N) is 5. The van der Waals surface area contributed by atoms with Gasteiger partial charge in [0.05, 0.1) is 13.2 Å². The summed E-state index contributed by atoms with van der Waals surface area (Å²) >= 11 is 0. The zero-order chi connectivity index (χ0) is 24.5. The van der Waals surface area contributed by atoms with Gasteiger partial charge in [-0.05, 0) is 40.1 Å². The van der Waals surface area contributed by atoms with Gasteiger partial charge in [-0.2, -0.15) is 4.68 Å². The van der Waals surface area contributed by atoms with Crippen molar-refractivity contribution in [2.24, 2.45) is 0 Å². The van der Waals surface area contributed by atoms with Crippen molar-refractivity contribution in [3.05, 3.63) is 77.1 Å². The third-order valence-electron chi connectivity index (χ3n) is 5.59. The van der Waals surface area contributed by atoms with E-state index in [0.29, 0.717) is 12.4 Å². The lowest BCUT2D eigenvalue weighted by Crippen LogP contribution is -2.36. The third-order valence-corrected chi connectivity index (χ3v) is 5.59. The molecule has 2 heterocycles. The number of hydrogen-bond acceptors (Lipinski definition) is 8. The average molecular weight is 477 g/mol. The Balaban J connectivity index is 1.35. The Morgan fingerprint density at radius 1 is 1.06 bits per heavy atom. The molecule has 1 aliphatic heterocycles. The number of tetrazole rings is 1. The Labute approximate surface area is 203 Å². The number of carbonyl (C=O) groups excluding carboxylic acids is 2. The van der Waals surface area contributed by atoms with E-state index in [4.69, 9.17) is 9.47 Å². The second-order valence-electron chi connectivity index (χ2n) is 8.09. The van der Waals surface area contributed by atoms with Gasteiger partial charge in [0, 0.05) is 26.2 Å². The molecule has 1 N–H and O–H groups in total. The molecular weight excluding hydrogens is 448 g/mol. The molecule has 4 rings (SSSR count). The Morgan fingerprint density at radius 2 is 1.77 bits per heavy atom. The van der Waals surface area contributed by atoms with Gasteiger partial charge in [-0.1, -0.05) is 54.6 Å². The minimum absolute atomic E-state index is 0.113. The van der Waals surface area contributed by atoms with Crippen LogP contribution >= 0.6 is 0 Å². The minimum atomic E-state index is -0.702. The number of benzene rings is 2. The van der Waals surface area contributed by atoms with Crippen LogP contribution in [-0.4, -0.2) is 69.9 Å². The summed E-state index contributed by atoms with van der Waals surface area (Å²) in [6.07, 6.45) is 1.62. The summed E-state index contributed by atoms with van der Waals surface area (Å²) in [6.45, 7) is 5.63. The summed E-state index contributed by atoms with van der Waals surface area (Å²) in [7, 11) is 0. The number of aryl methyl sites for hydroxylation is 1. The summed E-state index contributed by atoms with van der Waals surface area (Å²) < 4.78 is 12.0. The van der Waals surface area contributed by atoms with Gasteiger partial charge in [0.1, 0.15) is 0 Å². The summed E-state index contributed by atoms with van der Waals surface area (Å²) in [5.41, 5.74) is 3.06. The van der Waals surface area contributed by atoms with Crippen molar-refractivity contribution < 1.29 is 19.1 Å². The Kier molecular flexibility index (Phi) is 8.31. The lowest BCUT2D eigenvalue weighted by Gasteiger charge is -2.27. The molecule has 1 amide bonds. The van der Waals surface area contributed by atoms with Crippen LogP contribution in [-0.2, 0) is 32.2 Å². The molecule has 2 aromatic carbocycles. The van der Waals surface area contributed by atoms with E-state index in [2.05, 4.69) is 31.8 Å². The summed E-state index contributed by atoms with van der Waals surface area (Å²) in [5, 5.41) is 14.1. The van der Waals surface area contributed by atoms with Gasteiger partial charge in [0.2, 0.25) is 0 Å². The maximum Gasteiger partial charge on any atom is 0.357 e. The van der Waals surface area contributed by atoms with Crippen molar-refractivity contribution in [2.75, 3.05) is 32.9 Å². The van der Waals surface area contributed by atoms with Crippen LogP contribution in [0.25, 0.3) is 11.8 Å². The predicted octanol–water partition coefficient (Wildman–Crippen LogP) is 1.67. The van der Waals surface area contributed by atoms with Crippen molar-refractivity contribution in [3.8, 4) is 0 Å². The van der Waals surface area contributed by atoms with Crippen molar-refractivity contribution in [1.29, 1.82) is 0 Å². The third kappa shape index (κ3) is 6.81. The standard InChI is InChI=1S/C25H28N6O4/c1-19-27-28-29-31(19)23(15-20-7-3-2-4-8-20)25(33)35-18-24(32)26-16-21-9-5-6-10-22(21)17-30-11-13-34-14-12-30/h2-10,15H,11-14,16-18H2,1H3,(H,26,32)/b23-15-. The van der Waals surface area contributed by atoms with E-state index in [1.165, 1.54) is 4.68 Å². The van der Waals surface area contributed by atoms with E-state index in [9.17, 15) is 9.59 Å². The summed E-state index contributed by atoms with van der Waals surface area (Å²) in [6, 6.07) is 17.2. The number of esters is 1. The number of aromatic nitrogens is 4. The molecule has 0 spiro atoms. The van der Waals surface area contributed by atoms with Crippen molar-refractivity contribution in [1.82, 2.24) is 30.4 Å². The zero-order valence-electron chi connectivity index (χ0n) is 19.6. The predicted molar refractivity (Wildman–Crippen MR) is 129 cm³/mol. The number of hydrogen-bond donors (Lipinski definition) is 1. The molecule has 0 atom stereocenters. The molecule has 0 bridgehead atoms. The molecular formula is C25H28N6O4. The maximum atomic E-state index is 12.8. The minimum Gasteiger partial charge on any atom is -0.451 e. The normalized spacial score (nSPS) is 14.5. The average Bonchev–Trinajstić information content (AvgIpc) is 3.32. The monoisotopic (exact) mass is 476 g/mol. The van der Waals surface area contributed by atoms with Crippen molar-refractivity contribution >= 4 is 23.6 Å². The van der Waals surface area contributed by atoms with Crippen molar-refractivity contribution in [2.45, 2.75) is 20.0 Å². The molecule has 0 saturated carbocycles. The first-order valence-corrected chi connectivity index (χ1v) is 11.4. The molecule has 1 aliphatic rings. The second kappa shape index (κ2) is 12.0. The van der Waals surface area contributed by atoms with E-state index >= 15 is 0 Å². The number of nitrogens with one attached hydrogen (secondary N) is 1. The number of morpholine rings is 1. The van der Waals surface area contributed by atoms with Crippen LogP contribution in [0.3, 0.4) is 0 Å². The van der Waals surface area contributed by atoms with Crippen LogP contribution in [0.5, 0.6) is 0 Å². The van der Waals surface area contributed by atoms with Gasteiger partial charge in [-0.3, -0.25) is 9.69 Å². The van der Waals surface area contributed by atoms with Gasteiger partial charge in [-0.25, -0.2) is 4.79 Å². The number of carbonyl (C=O) groups is 2. The lowest BCUT2D eigenvalue weighted by atomic mass is 10.1. The number of amides is 1. The molecule has 0 radical (unpaired) electrons. The van der Waals surface area contributed by atoms with Crippen LogP contribution in [0.1, 0.15) is 22.5 Å². The smallest absolute Gasteiger partial charge is 0.357 e. The van der Waals surface area contributed by atoms with E-state index in [1.54, 1.807) is 13.0 Å². The Hall–Kier alpha value is -3.89. The van der Waals surface area contributed by atoms with Crippen LogP contribution in [0.4, 0.5) is 0 Å². The van der Waals surface area contributed by atoms with Gasteiger partial charge in [0.15, 0.2) is 18.1 Å². The van der Waals surface area contributed by atoms with Crippen LogP contribution in [0.15, 0.2) is 54.6 Å². The van der Waals surface area contributed by atoms with Gasteiger partial charge < -0.3 is 14.8 Å². The first-order chi connectivity index (χ1) is 17.1. The molecule has 1 fully saturated rings. The number of ether oxygens (including phenoxy) is 2. The van der Waals surface area contributed by atoms with E-state index in [-0.39, 0.29) is 5.70 Å². The maximum absolute atomic E-state index is 12.8. The largest absolute Gasteiger partial charge is 0.451 e. The fourth-order valence-corrected chi connectivity index (χ4v) is 3.70. The van der Waals surface area contributed by atoms with E-state index in [1.807, 2.05) is 48.5 Å². The highest BCUT2D eigenvalue weighted by Gasteiger charge is 2.19. The Bertz CT molecular complexity index is 1170. The number of rotatable bonds is 9. The fraction of sp³-hybridized carbons (Fsp3) is 0.320. The lowest BCUT2D eigenvalue weighted by molar-refractivity contribution is -0.143. The van der Waals surface area contributed by atoms with Crippen LogP contribution < -0.4 is 5.32 Å². The molecule has 1 saturated heterocycles. The molecule has 1 aromatic heterocycles. The van der Waals surface area contributed by atoms with Crippen molar-refractivity contribution in [3.63, 3.8) is 0 Å². The quantitative estimate of drug-likeness (QED) is 0.367. The molecule has 10 heteroatoms. The van der Waals surface area contributed by atoms with Crippen LogP contribution in [0, 0.1) is 6.92 Å². The Morgan fingerprint density at radius 3 is 2.49 bits per heavy atom. The molecule has 0 unspecified atom stereocenters.